The number of carbonyl (C=O) groups is 1. The molecule has 0 unspecified atom stereocenters. The molecule has 1 atom stereocenters. The van der Waals surface area contributed by atoms with Crippen molar-refractivity contribution < 1.29 is 9.53 Å². The molecule has 0 spiro atoms. The molecule has 0 N–H and O–H groups in total. The minimum absolute atomic E-state index is 0.0913. The van der Waals surface area contributed by atoms with E-state index in [1.807, 2.05) is 38.4 Å². The maximum Gasteiger partial charge on any atom is 0.314 e. The van der Waals surface area contributed by atoms with Gasteiger partial charge < -0.3 is 4.74 Å². The third-order valence-electron chi connectivity index (χ3n) is 5.62. The Labute approximate surface area is 182 Å². The SMILES string of the molecule is CCCCCCCCCCCc1cnc(-c2ccc(OC(=O)[C@@H](C)CC)cc2)nc1. The molecule has 4 nitrogen and oxygen atoms in total. The molecule has 0 aliphatic rings. The van der Waals surface area contributed by atoms with Gasteiger partial charge in [0.05, 0.1) is 5.92 Å². The average Bonchev–Trinajstić information content (AvgIpc) is 2.78. The van der Waals surface area contributed by atoms with Gasteiger partial charge in [0.25, 0.3) is 0 Å². The van der Waals surface area contributed by atoms with E-state index in [9.17, 15) is 4.79 Å². The van der Waals surface area contributed by atoms with Crippen molar-refractivity contribution in [3.8, 4) is 17.1 Å². The van der Waals surface area contributed by atoms with Crippen molar-refractivity contribution in [3.05, 3.63) is 42.2 Å². The number of nitrogens with zero attached hydrogens (tertiary/aromatic N) is 2. The third kappa shape index (κ3) is 8.64. The summed E-state index contributed by atoms with van der Waals surface area (Å²) in [5, 5.41) is 0. The Bertz CT molecular complexity index is 726. The standard InChI is InChI=1S/C26H38N2O2/c1-4-6-7-8-9-10-11-12-13-14-22-19-27-25(28-20-22)23-15-17-24(18-16-23)30-26(29)21(3)5-2/h15-21H,4-14H2,1-3H3/t21-/m0/s1. The van der Waals surface area contributed by atoms with Crippen LogP contribution in [0.3, 0.4) is 0 Å². The van der Waals surface area contributed by atoms with Crippen molar-refractivity contribution in [1.29, 1.82) is 0 Å². The molecule has 0 bridgehead atoms. The highest BCUT2D eigenvalue weighted by molar-refractivity contribution is 5.74. The number of ether oxygens (including phenoxy) is 1. The smallest absolute Gasteiger partial charge is 0.314 e. The summed E-state index contributed by atoms with van der Waals surface area (Å²) in [5.41, 5.74) is 2.12. The van der Waals surface area contributed by atoms with Crippen molar-refractivity contribution in [2.75, 3.05) is 0 Å². The fraction of sp³-hybridized carbons (Fsp3) is 0.577. The van der Waals surface area contributed by atoms with E-state index in [1.54, 1.807) is 12.1 Å². The topological polar surface area (TPSA) is 52.1 Å². The number of hydrogen-bond acceptors (Lipinski definition) is 4. The number of unbranched alkanes of at least 4 members (excludes halogenated alkanes) is 8. The first-order valence-corrected chi connectivity index (χ1v) is 11.8. The molecule has 0 saturated heterocycles. The molecule has 1 aromatic heterocycles. The molecule has 1 heterocycles. The minimum atomic E-state index is -0.192. The second-order valence-electron chi connectivity index (χ2n) is 8.25. The van der Waals surface area contributed by atoms with Crippen molar-refractivity contribution in [3.63, 3.8) is 0 Å². The summed E-state index contributed by atoms with van der Waals surface area (Å²) in [4.78, 5) is 20.9. The molecule has 0 aliphatic heterocycles. The molecule has 30 heavy (non-hydrogen) atoms. The van der Waals surface area contributed by atoms with Crippen LogP contribution in [0.4, 0.5) is 0 Å². The lowest BCUT2D eigenvalue weighted by atomic mass is 10.1. The number of benzene rings is 1. The maximum atomic E-state index is 11.9. The zero-order valence-corrected chi connectivity index (χ0v) is 19.0. The van der Waals surface area contributed by atoms with E-state index in [1.165, 1.54) is 63.4 Å². The van der Waals surface area contributed by atoms with Gasteiger partial charge in [0, 0.05) is 18.0 Å². The first-order chi connectivity index (χ1) is 14.6. The van der Waals surface area contributed by atoms with Gasteiger partial charge in [0.1, 0.15) is 5.75 Å². The zero-order valence-electron chi connectivity index (χ0n) is 19.0. The molecule has 164 valence electrons. The highest BCUT2D eigenvalue weighted by Crippen LogP contribution is 2.21. The van der Waals surface area contributed by atoms with Crippen LogP contribution < -0.4 is 4.74 Å². The van der Waals surface area contributed by atoms with Crippen molar-refractivity contribution in [2.45, 2.75) is 91.4 Å². The molecule has 4 heteroatoms. The third-order valence-corrected chi connectivity index (χ3v) is 5.62. The Morgan fingerprint density at radius 2 is 1.43 bits per heavy atom. The summed E-state index contributed by atoms with van der Waals surface area (Å²) in [5.74, 6) is 0.977. The fourth-order valence-electron chi connectivity index (χ4n) is 3.33. The van der Waals surface area contributed by atoms with Crippen LogP contribution in [0.2, 0.25) is 0 Å². The Morgan fingerprint density at radius 1 is 0.867 bits per heavy atom. The van der Waals surface area contributed by atoms with Crippen molar-refractivity contribution >= 4 is 5.97 Å². The van der Waals surface area contributed by atoms with Gasteiger partial charge in [0.15, 0.2) is 5.82 Å². The molecule has 0 radical (unpaired) electrons. The van der Waals surface area contributed by atoms with E-state index < -0.39 is 0 Å². The monoisotopic (exact) mass is 410 g/mol. The number of aryl methyl sites for hydroxylation is 1. The van der Waals surface area contributed by atoms with Crippen LogP contribution in [-0.4, -0.2) is 15.9 Å². The van der Waals surface area contributed by atoms with Gasteiger partial charge in [-0.1, -0.05) is 72.1 Å². The largest absolute Gasteiger partial charge is 0.426 e. The number of hydrogen-bond donors (Lipinski definition) is 0. The predicted octanol–water partition coefficient (Wildman–Crippen LogP) is 7.17. The van der Waals surface area contributed by atoms with Gasteiger partial charge >= 0.3 is 5.97 Å². The van der Waals surface area contributed by atoms with Crippen LogP contribution in [0.25, 0.3) is 11.4 Å². The Morgan fingerprint density at radius 3 is 2.00 bits per heavy atom. The van der Waals surface area contributed by atoms with E-state index in [0.717, 1.165) is 18.4 Å². The first-order valence-electron chi connectivity index (χ1n) is 11.8. The van der Waals surface area contributed by atoms with Crippen LogP contribution >= 0.6 is 0 Å². The van der Waals surface area contributed by atoms with Gasteiger partial charge in [-0.3, -0.25) is 4.79 Å². The van der Waals surface area contributed by atoms with Gasteiger partial charge in [-0.05, 0) is 49.1 Å². The van der Waals surface area contributed by atoms with E-state index in [2.05, 4.69) is 16.9 Å². The van der Waals surface area contributed by atoms with Crippen LogP contribution in [0.1, 0.15) is 90.5 Å². The summed E-state index contributed by atoms with van der Waals surface area (Å²) >= 11 is 0. The van der Waals surface area contributed by atoms with Crippen molar-refractivity contribution in [1.82, 2.24) is 9.97 Å². The maximum absolute atomic E-state index is 11.9. The molecule has 1 aromatic carbocycles. The van der Waals surface area contributed by atoms with Gasteiger partial charge in [-0.2, -0.15) is 0 Å². The highest BCUT2D eigenvalue weighted by atomic mass is 16.5. The Kier molecular flexibility index (Phi) is 11.1. The summed E-state index contributed by atoms with van der Waals surface area (Å²) in [6.45, 7) is 6.12. The lowest BCUT2D eigenvalue weighted by molar-refractivity contribution is -0.138. The molecule has 2 aromatic rings. The second kappa shape index (κ2) is 13.9. The van der Waals surface area contributed by atoms with E-state index >= 15 is 0 Å². The Hall–Kier alpha value is -2.23. The summed E-state index contributed by atoms with van der Waals surface area (Å²) in [6, 6.07) is 7.40. The van der Waals surface area contributed by atoms with E-state index in [4.69, 9.17) is 4.74 Å². The summed E-state index contributed by atoms with van der Waals surface area (Å²) < 4.78 is 5.39. The van der Waals surface area contributed by atoms with E-state index in [-0.39, 0.29) is 11.9 Å². The minimum Gasteiger partial charge on any atom is -0.426 e. The van der Waals surface area contributed by atoms with Gasteiger partial charge in [-0.15, -0.1) is 0 Å². The quantitative estimate of drug-likeness (QED) is 0.188. The van der Waals surface area contributed by atoms with E-state index in [0.29, 0.717) is 11.6 Å². The molecular formula is C26H38N2O2. The lowest BCUT2D eigenvalue weighted by Gasteiger charge is -2.09. The molecule has 0 saturated carbocycles. The second-order valence-corrected chi connectivity index (χ2v) is 8.25. The predicted molar refractivity (Wildman–Crippen MR) is 123 cm³/mol. The van der Waals surface area contributed by atoms with Crippen LogP contribution in [0.5, 0.6) is 5.75 Å². The number of carbonyl (C=O) groups excluding carboxylic acids is 1. The first kappa shape index (κ1) is 24.0. The number of rotatable bonds is 14. The molecule has 0 amide bonds. The Balaban J connectivity index is 1.71. The fourth-order valence-corrected chi connectivity index (χ4v) is 3.33. The van der Waals surface area contributed by atoms with Crippen LogP contribution in [-0.2, 0) is 11.2 Å². The summed E-state index contributed by atoms with van der Waals surface area (Å²) in [6.07, 6.45) is 17.7. The van der Waals surface area contributed by atoms with Gasteiger partial charge in [-0.25, -0.2) is 9.97 Å². The average molecular weight is 411 g/mol. The number of esters is 1. The highest BCUT2D eigenvalue weighted by Gasteiger charge is 2.13. The molecular weight excluding hydrogens is 372 g/mol. The lowest BCUT2D eigenvalue weighted by Crippen LogP contribution is -2.16. The molecule has 0 fully saturated rings. The normalized spacial score (nSPS) is 12.0. The van der Waals surface area contributed by atoms with Crippen molar-refractivity contribution in [2.24, 2.45) is 5.92 Å². The number of aromatic nitrogens is 2. The zero-order chi connectivity index (χ0) is 21.6. The van der Waals surface area contributed by atoms with Gasteiger partial charge in [0.2, 0.25) is 0 Å². The van der Waals surface area contributed by atoms with Crippen LogP contribution in [0, 0.1) is 5.92 Å². The summed E-state index contributed by atoms with van der Waals surface area (Å²) in [7, 11) is 0. The van der Waals surface area contributed by atoms with Crippen LogP contribution in [0.15, 0.2) is 36.7 Å². The molecule has 2 rings (SSSR count). The molecule has 0 aliphatic carbocycles.